The highest BCUT2D eigenvalue weighted by atomic mass is 16.5. The SMILES string of the molecule is Cc1nc(-c2c(N)ncnc2NC(C)c2nc3cccc(C#CC(C)(C)O)c3c(=O)n2-c2ccccc2)no1. The summed E-state index contributed by atoms with van der Waals surface area (Å²) in [6.45, 7) is 6.70. The number of hydrogen-bond acceptors (Lipinski definition) is 10. The number of anilines is 2. The molecule has 5 aromatic rings. The summed E-state index contributed by atoms with van der Waals surface area (Å²) in [7, 11) is 0. The van der Waals surface area contributed by atoms with E-state index >= 15 is 0 Å². The van der Waals surface area contributed by atoms with Gasteiger partial charge in [-0.15, -0.1) is 0 Å². The Hall–Kier alpha value is -5.08. The molecule has 4 N–H and O–H groups in total. The van der Waals surface area contributed by atoms with Gasteiger partial charge in [-0.25, -0.2) is 15.0 Å². The highest BCUT2D eigenvalue weighted by Crippen LogP contribution is 2.31. The fraction of sp³-hybridized carbons (Fsp3) is 0.214. The monoisotopic (exact) mass is 522 g/mol. The van der Waals surface area contributed by atoms with E-state index in [9.17, 15) is 9.90 Å². The minimum absolute atomic E-state index is 0.169. The minimum atomic E-state index is -1.22. The molecule has 0 radical (unpaired) electrons. The van der Waals surface area contributed by atoms with Crippen molar-refractivity contribution in [3.8, 4) is 28.9 Å². The molecule has 0 fully saturated rings. The molecule has 39 heavy (non-hydrogen) atoms. The number of benzene rings is 2. The van der Waals surface area contributed by atoms with Gasteiger partial charge in [-0.2, -0.15) is 4.98 Å². The van der Waals surface area contributed by atoms with Crippen molar-refractivity contribution in [3.63, 3.8) is 0 Å². The normalized spacial score (nSPS) is 12.1. The Morgan fingerprint density at radius 1 is 1.10 bits per heavy atom. The smallest absolute Gasteiger partial charge is 0.267 e. The summed E-state index contributed by atoms with van der Waals surface area (Å²) in [6.07, 6.45) is 1.33. The summed E-state index contributed by atoms with van der Waals surface area (Å²) in [5, 5.41) is 17.7. The zero-order valence-electron chi connectivity index (χ0n) is 21.8. The van der Waals surface area contributed by atoms with Crippen LogP contribution >= 0.6 is 0 Å². The molecule has 196 valence electrons. The van der Waals surface area contributed by atoms with Crippen LogP contribution in [0.25, 0.3) is 28.0 Å². The number of aliphatic hydroxyl groups is 1. The summed E-state index contributed by atoms with van der Waals surface area (Å²) < 4.78 is 6.67. The molecule has 11 heteroatoms. The fourth-order valence-electron chi connectivity index (χ4n) is 4.09. The van der Waals surface area contributed by atoms with Gasteiger partial charge in [-0.3, -0.25) is 9.36 Å². The van der Waals surface area contributed by atoms with Gasteiger partial charge in [0.1, 0.15) is 35.0 Å². The molecular weight excluding hydrogens is 496 g/mol. The van der Waals surface area contributed by atoms with Gasteiger partial charge >= 0.3 is 0 Å². The number of nitrogen functional groups attached to an aromatic ring is 1. The van der Waals surface area contributed by atoms with Gasteiger partial charge in [0.25, 0.3) is 5.56 Å². The number of hydrogen-bond donors (Lipinski definition) is 3. The molecule has 1 unspecified atom stereocenters. The maximum absolute atomic E-state index is 14.1. The molecule has 2 aromatic carbocycles. The second-order valence-corrected chi connectivity index (χ2v) is 9.44. The summed E-state index contributed by atoms with van der Waals surface area (Å²) in [4.78, 5) is 31.7. The zero-order chi connectivity index (χ0) is 27.7. The molecule has 0 saturated heterocycles. The van der Waals surface area contributed by atoms with Crippen molar-refractivity contribution < 1.29 is 9.63 Å². The van der Waals surface area contributed by atoms with Crippen LogP contribution in [0.5, 0.6) is 0 Å². The predicted molar refractivity (Wildman–Crippen MR) is 147 cm³/mol. The molecule has 0 aliphatic carbocycles. The van der Waals surface area contributed by atoms with Gasteiger partial charge in [0.2, 0.25) is 11.7 Å². The van der Waals surface area contributed by atoms with E-state index in [0.717, 1.165) is 0 Å². The Morgan fingerprint density at radius 2 is 1.87 bits per heavy atom. The third-order valence-electron chi connectivity index (χ3n) is 5.81. The van der Waals surface area contributed by atoms with Gasteiger partial charge < -0.3 is 20.7 Å². The molecular formula is C28H26N8O3. The average molecular weight is 523 g/mol. The summed E-state index contributed by atoms with van der Waals surface area (Å²) in [6, 6.07) is 13.9. The largest absolute Gasteiger partial charge is 0.383 e. The number of nitrogens with zero attached hydrogens (tertiary/aromatic N) is 6. The third-order valence-corrected chi connectivity index (χ3v) is 5.81. The lowest BCUT2D eigenvalue weighted by Gasteiger charge is -2.21. The number of aryl methyl sites for hydroxylation is 1. The zero-order valence-corrected chi connectivity index (χ0v) is 21.8. The van der Waals surface area contributed by atoms with E-state index in [0.29, 0.717) is 45.3 Å². The van der Waals surface area contributed by atoms with Crippen molar-refractivity contribution in [3.05, 3.63) is 82.5 Å². The first kappa shape index (κ1) is 25.6. The first-order valence-corrected chi connectivity index (χ1v) is 12.2. The van der Waals surface area contributed by atoms with E-state index in [1.165, 1.54) is 10.9 Å². The Bertz CT molecular complexity index is 1790. The fourth-order valence-corrected chi connectivity index (χ4v) is 4.09. The van der Waals surface area contributed by atoms with E-state index in [4.69, 9.17) is 15.2 Å². The van der Waals surface area contributed by atoms with Crippen molar-refractivity contribution >= 4 is 22.5 Å². The number of rotatable bonds is 5. The molecule has 0 aliphatic heterocycles. The lowest BCUT2D eigenvalue weighted by Crippen LogP contribution is -2.28. The van der Waals surface area contributed by atoms with Crippen LogP contribution in [-0.4, -0.2) is 40.4 Å². The summed E-state index contributed by atoms with van der Waals surface area (Å²) >= 11 is 0. The summed E-state index contributed by atoms with van der Waals surface area (Å²) in [5.74, 6) is 7.29. The number of nitrogens with two attached hydrogens (primary N) is 1. The second-order valence-electron chi connectivity index (χ2n) is 9.44. The Morgan fingerprint density at radius 3 is 2.56 bits per heavy atom. The van der Waals surface area contributed by atoms with Gasteiger partial charge in [-0.1, -0.05) is 41.3 Å². The lowest BCUT2D eigenvalue weighted by molar-refractivity contribution is 0.143. The molecule has 0 spiro atoms. The van der Waals surface area contributed by atoms with Crippen molar-refractivity contribution in [1.29, 1.82) is 0 Å². The van der Waals surface area contributed by atoms with Gasteiger partial charge in [0, 0.05) is 12.5 Å². The van der Waals surface area contributed by atoms with Crippen molar-refractivity contribution in [2.45, 2.75) is 39.3 Å². The van der Waals surface area contributed by atoms with E-state index in [1.54, 1.807) is 39.0 Å². The Balaban J connectivity index is 1.69. The van der Waals surface area contributed by atoms with E-state index in [-0.39, 0.29) is 17.2 Å². The van der Waals surface area contributed by atoms with Crippen LogP contribution < -0.4 is 16.6 Å². The molecule has 0 amide bonds. The lowest BCUT2D eigenvalue weighted by atomic mass is 10.1. The number of aromatic nitrogens is 6. The highest BCUT2D eigenvalue weighted by molar-refractivity contribution is 5.85. The van der Waals surface area contributed by atoms with Crippen molar-refractivity contribution in [2.24, 2.45) is 0 Å². The quantitative estimate of drug-likeness (QED) is 0.292. The number of para-hydroxylation sites is 1. The van der Waals surface area contributed by atoms with Crippen LogP contribution in [-0.2, 0) is 0 Å². The van der Waals surface area contributed by atoms with E-state index < -0.39 is 11.6 Å². The van der Waals surface area contributed by atoms with Gasteiger partial charge in [-0.05, 0) is 45.0 Å². The topological polar surface area (TPSA) is 158 Å². The summed E-state index contributed by atoms with van der Waals surface area (Å²) in [5.41, 5.74) is 6.58. The molecule has 5 rings (SSSR count). The second kappa shape index (κ2) is 10.00. The minimum Gasteiger partial charge on any atom is -0.383 e. The van der Waals surface area contributed by atoms with Crippen LogP contribution in [0.15, 0.2) is 64.2 Å². The van der Waals surface area contributed by atoms with E-state index in [1.807, 2.05) is 37.3 Å². The standard InChI is InChI=1S/C28H26N8O3/c1-16(32-24-22(23(29)30-15-31-24)25-33-17(2)39-35-25)26-34-20-12-8-9-18(13-14-28(3,4)38)21(20)27(37)36(26)19-10-6-5-7-11-19/h5-12,15-16,38H,1-4H3,(H3,29,30,31,32). The van der Waals surface area contributed by atoms with Gasteiger partial charge in [0.15, 0.2) is 0 Å². The number of nitrogens with one attached hydrogen (secondary N) is 1. The maximum atomic E-state index is 14.1. The van der Waals surface area contributed by atoms with Crippen LogP contribution in [0.2, 0.25) is 0 Å². The molecule has 11 nitrogen and oxygen atoms in total. The predicted octanol–water partition coefficient (Wildman–Crippen LogP) is 3.41. The van der Waals surface area contributed by atoms with Crippen LogP contribution in [0.1, 0.15) is 44.1 Å². The van der Waals surface area contributed by atoms with Crippen LogP contribution in [0, 0.1) is 18.8 Å². The van der Waals surface area contributed by atoms with Crippen molar-refractivity contribution in [2.75, 3.05) is 11.1 Å². The Kier molecular flexibility index (Phi) is 6.55. The third kappa shape index (κ3) is 5.18. The first-order valence-electron chi connectivity index (χ1n) is 12.2. The highest BCUT2D eigenvalue weighted by Gasteiger charge is 2.23. The molecule has 3 heterocycles. The molecule has 0 bridgehead atoms. The molecule has 3 aromatic heterocycles. The van der Waals surface area contributed by atoms with Crippen molar-refractivity contribution in [1.82, 2.24) is 29.7 Å². The molecule has 0 saturated carbocycles. The maximum Gasteiger partial charge on any atom is 0.267 e. The molecule has 1 atom stereocenters. The van der Waals surface area contributed by atoms with Gasteiger partial charge in [0.05, 0.1) is 22.6 Å². The van der Waals surface area contributed by atoms with Crippen LogP contribution in [0.3, 0.4) is 0 Å². The van der Waals surface area contributed by atoms with E-state index in [2.05, 4.69) is 37.3 Å². The first-order chi connectivity index (χ1) is 18.6. The van der Waals surface area contributed by atoms with Crippen LogP contribution in [0.4, 0.5) is 11.6 Å². The Labute approximate surface area is 223 Å². The molecule has 0 aliphatic rings. The average Bonchev–Trinajstić information content (AvgIpc) is 3.32. The number of fused-ring (bicyclic) bond motifs is 1.